The standard InChI is InChI=1S/C16H15F3N2OS/c1-9(22)21-15-14(12-6-7-20-8-13(12)23-15)10-2-4-11(5-3-10)16(17,18)19/h2-5,20H,6-8H2,1H3,(H,21,22). The highest BCUT2D eigenvalue weighted by Gasteiger charge is 2.30. The van der Waals surface area contributed by atoms with E-state index in [0.29, 0.717) is 17.1 Å². The molecule has 2 heterocycles. The molecule has 7 heteroatoms. The van der Waals surface area contributed by atoms with Gasteiger partial charge in [-0.3, -0.25) is 4.79 Å². The summed E-state index contributed by atoms with van der Waals surface area (Å²) in [7, 11) is 0. The summed E-state index contributed by atoms with van der Waals surface area (Å²) in [5.41, 5.74) is 1.97. The van der Waals surface area contributed by atoms with Crippen LogP contribution in [0.15, 0.2) is 24.3 Å². The number of anilines is 1. The minimum Gasteiger partial charge on any atom is -0.317 e. The van der Waals surface area contributed by atoms with Crippen molar-refractivity contribution in [3.05, 3.63) is 40.3 Å². The first-order valence-corrected chi connectivity index (χ1v) is 7.98. The van der Waals surface area contributed by atoms with Crippen molar-refractivity contribution in [1.29, 1.82) is 0 Å². The molecule has 0 saturated heterocycles. The number of amides is 1. The molecule has 3 nitrogen and oxygen atoms in total. The highest BCUT2D eigenvalue weighted by atomic mass is 32.1. The minimum atomic E-state index is -4.35. The molecule has 2 N–H and O–H groups in total. The van der Waals surface area contributed by atoms with Gasteiger partial charge in [0.15, 0.2) is 0 Å². The second-order valence-electron chi connectivity index (χ2n) is 5.39. The Hall–Kier alpha value is -1.86. The monoisotopic (exact) mass is 340 g/mol. The van der Waals surface area contributed by atoms with E-state index >= 15 is 0 Å². The smallest absolute Gasteiger partial charge is 0.317 e. The minimum absolute atomic E-state index is 0.190. The zero-order valence-electron chi connectivity index (χ0n) is 12.4. The molecule has 0 unspecified atom stereocenters. The van der Waals surface area contributed by atoms with E-state index in [9.17, 15) is 18.0 Å². The van der Waals surface area contributed by atoms with E-state index in [1.54, 1.807) is 0 Å². The molecule has 0 atom stereocenters. The molecule has 122 valence electrons. The van der Waals surface area contributed by atoms with Crippen LogP contribution in [0.1, 0.15) is 22.9 Å². The Morgan fingerprint density at radius 1 is 1.26 bits per heavy atom. The Kier molecular flexibility index (Phi) is 4.16. The molecule has 3 rings (SSSR count). The SMILES string of the molecule is CC(=O)Nc1sc2c(c1-c1ccc(C(F)(F)F)cc1)CCNC2. The number of thiophene rings is 1. The Bertz CT molecular complexity index is 735. The first-order valence-electron chi connectivity index (χ1n) is 7.16. The molecule has 2 aromatic rings. The normalized spacial score (nSPS) is 14.4. The number of benzene rings is 1. The third-order valence-corrected chi connectivity index (χ3v) is 4.87. The average Bonchev–Trinajstić information content (AvgIpc) is 2.83. The van der Waals surface area contributed by atoms with Gasteiger partial charge >= 0.3 is 6.18 Å². The summed E-state index contributed by atoms with van der Waals surface area (Å²) in [4.78, 5) is 12.5. The van der Waals surface area contributed by atoms with E-state index in [1.165, 1.54) is 30.4 Å². The topological polar surface area (TPSA) is 41.1 Å². The van der Waals surface area contributed by atoms with Crippen molar-refractivity contribution in [1.82, 2.24) is 5.32 Å². The number of nitrogens with one attached hydrogen (secondary N) is 2. The van der Waals surface area contributed by atoms with E-state index in [-0.39, 0.29) is 5.91 Å². The molecular formula is C16H15F3N2OS. The molecule has 1 aromatic heterocycles. The quantitative estimate of drug-likeness (QED) is 0.866. The van der Waals surface area contributed by atoms with E-state index in [0.717, 1.165) is 41.1 Å². The lowest BCUT2D eigenvalue weighted by atomic mass is 9.97. The lowest BCUT2D eigenvalue weighted by Gasteiger charge is -2.15. The third kappa shape index (κ3) is 3.25. The van der Waals surface area contributed by atoms with Crippen molar-refractivity contribution in [2.45, 2.75) is 26.1 Å². The summed E-state index contributed by atoms with van der Waals surface area (Å²) in [5, 5.41) is 6.77. The first kappa shape index (κ1) is 16.0. The van der Waals surface area contributed by atoms with Crippen LogP contribution in [-0.4, -0.2) is 12.5 Å². The van der Waals surface area contributed by atoms with Crippen LogP contribution in [0.3, 0.4) is 0 Å². The third-order valence-electron chi connectivity index (χ3n) is 3.72. The summed E-state index contributed by atoms with van der Waals surface area (Å²) in [6.45, 7) is 2.96. The molecule has 0 aliphatic carbocycles. The zero-order chi connectivity index (χ0) is 16.6. The lowest BCUT2D eigenvalue weighted by Crippen LogP contribution is -2.22. The van der Waals surface area contributed by atoms with Crippen LogP contribution in [0.4, 0.5) is 18.2 Å². The molecule has 0 fully saturated rings. The molecule has 0 spiro atoms. The van der Waals surface area contributed by atoms with Crippen molar-refractivity contribution < 1.29 is 18.0 Å². The van der Waals surface area contributed by atoms with E-state index < -0.39 is 11.7 Å². The molecule has 0 radical (unpaired) electrons. The van der Waals surface area contributed by atoms with Crippen molar-refractivity contribution in [3.63, 3.8) is 0 Å². The van der Waals surface area contributed by atoms with Gasteiger partial charge in [0.2, 0.25) is 5.91 Å². The fraction of sp³-hybridized carbons (Fsp3) is 0.312. The number of fused-ring (bicyclic) bond motifs is 1. The van der Waals surface area contributed by atoms with E-state index in [2.05, 4.69) is 10.6 Å². The van der Waals surface area contributed by atoms with Gasteiger partial charge in [-0.1, -0.05) is 12.1 Å². The Labute approximate surface area is 135 Å². The van der Waals surface area contributed by atoms with Crippen molar-refractivity contribution in [2.75, 3.05) is 11.9 Å². The van der Waals surface area contributed by atoms with Gasteiger partial charge in [-0.15, -0.1) is 11.3 Å². The van der Waals surface area contributed by atoms with Crippen LogP contribution in [-0.2, 0) is 23.9 Å². The van der Waals surface area contributed by atoms with Gasteiger partial charge < -0.3 is 10.6 Å². The van der Waals surface area contributed by atoms with E-state index in [1.807, 2.05) is 0 Å². The first-order chi connectivity index (χ1) is 10.9. The number of hydrogen-bond donors (Lipinski definition) is 2. The largest absolute Gasteiger partial charge is 0.416 e. The van der Waals surface area contributed by atoms with Crippen molar-refractivity contribution in [3.8, 4) is 11.1 Å². The molecule has 0 saturated carbocycles. The molecule has 1 aromatic carbocycles. The highest BCUT2D eigenvalue weighted by molar-refractivity contribution is 7.17. The predicted octanol–water partition coefficient (Wildman–Crippen LogP) is 4.04. The summed E-state index contributed by atoms with van der Waals surface area (Å²) < 4.78 is 38.2. The highest BCUT2D eigenvalue weighted by Crippen LogP contribution is 2.43. The molecule has 1 aliphatic rings. The van der Waals surface area contributed by atoms with Gasteiger partial charge in [0.25, 0.3) is 0 Å². The number of rotatable bonds is 2. The fourth-order valence-corrected chi connectivity index (χ4v) is 4.00. The van der Waals surface area contributed by atoms with Crippen LogP contribution in [0, 0.1) is 0 Å². The molecule has 0 bridgehead atoms. The number of carbonyl (C=O) groups excluding carboxylic acids is 1. The maximum absolute atomic E-state index is 12.7. The van der Waals surface area contributed by atoms with Gasteiger partial charge in [0.1, 0.15) is 5.00 Å². The summed E-state index contributed by atoms with van der Waals surface area (Å²) >= 11 is 1.48. The number of hydrogen-bond acceptors (Lipinski definition) is 3. The molecular weight excluding hydrogens is 325 g/mol. The van der Waals surface area contributed by atoms with Gasteiger partial charge in [-0.05, 0) is 36.2 Å². The summed E-state index contributed by atoms with van der Waals surface area (Å²) in [5.74, 6) is -0.190. The van der Waals surface area contributed by atoms with Crippen molar-refractivity contribution in [2.24, 2.45) is 0 Å². The van der Waals surface area contributed by atoms with Crippen LogP contribution < -0.4 is 10.6 Å². The number of alkyl halides is 3. The lowest BCUT2D eigenvalue weighted by molar-refractivity contribution is -0.137. The van der Waals surface area contributed by atoms with Crippen LogP contribution >= 0.6 is 11.3 Å². The van der Waals surface area contributed by atoms with Gasteiger partial charge in [0, 0.05) is 23.9 Å². The Morgan fingerprint density at radius 2 is 1.96 bits per heavy atom. The van der Waals surface area contributed by atoms with Crippen LogP contribution in [0.5, 0.6) is 0 Å². The second kappa shape index (κ2) is 5.98. The number of carbonyl (C=O) groups is 1. The van der Waals surface area contributed by atoms with Crippen LogP contribution in [0.2, 0.25) is 0 Å². The summed E-state index contributed by atoms with van der Waals surface area (Å²) in [6, 6.07) is 5.10. The molecule has 23 heavy (non-hydrogen) atoms. The van der Waals surface area contributed by atoms with Crippen molar-refractivity contribution >= 4 is 22.2 Å². The second-order valence-corrected chi connectivity index (χ2v) is 6.50. The zero-order valence-corrected chi connectivity index (χ0v) is 13.2. The fourth-order valence-electron chi connectivity index (χ4n) is 2.71. The maximum atomic E-state index is 12.7. The Balaban J connectivity index is 2.07. The van der Waals surface area contributed by atoms with Crippen LogP contribution in [0.25, 0.3) is 11.1 Å². The van der Waals surface area contributed by atoms with E-state index in [4.69, 9.17) is 0 Å². The predicted molar refractivity (Wildman–Crippen MR) is 84.5 cm³/mol. The summed E-state index contributed by atoms with van der Waals surface area (Å²) in [6.07, 6.45) is -3.56. The number of halogens is 3. The average molecular weight is 340 g/mol. The van der Waals surface area contributed by atoms with Gasteiger partial charge in [-0.2, -0.15) is 13.2 Å². The Morgan fingerprint density at radius 3 is 2.57 bits per heavy atom. The molecule has 1 amide bonds. The van der Waals surface area contributed by atoms with Gasteiger partial charge in [-0.25, -0.2) is 0 Å². The molecule has 1 aliphatic heterocycles. The van der Waals surface area contributed by atoms with Gasteiger partial charge in [0.05, 0.1) is 5.56 Å². The maximum Gasteiger partial charge on any atom is 0.416 e.